The summed E-state index contributed by atoms with van der Waals surface area (Å²) in [5.74, 6) is 0.778. The van der Waals surface area contributed by atoms with Crippen LogP contribution < -0.4 is 10.3 Å². The van der Waals surface area contributed by atoms with Crippen LogP contribution in [-0.4, -0.2) is 39.1 Å². The molecule has 4 rings (SSSR count). The van der Waals surface area contributed by atoms with Crippen LogP contribution in [0.5, 0.6) is 5.75 Å². The molecule has 9 heteroatoms. The quantitative estimate of drug-likeness (QED) is 0.213. The maximum absolute atomic E-state index is 13.2. The zero-order chi connectivity index (χ0) is 26.7. The number of carbonyl (C=O) groups is 1. The van der Waals surface area contributed by atoms with Crippen LogP contribution in [-0.2, 0) is 16.0 Å². The number of hydrogen-bond acceptors (Lipinski definition) is 6. The summed E-state index contributed by atoms with van der Waals surface area (Å²) < 4.78 is 15.0. The molecule has 0 spiro atoms. The molecule has 0 saturated carbocycles. The Morgan fingerprint density at radius 1 is 1.14 bits per heavy atom. The predicted octanol–water partition coefficient (Wildman–Crippen LogP) is 5.34. The third-order valence-corrected chi connectivity index (χ3v) is 6.49. The molecule has 0 amide bonds. The lowest BCUT2D eigenvalue weighted by molar-refractivity contribution is -0.150. The lowest BCUT2D eigenvalue weighted by atomic mass is 10.2. The summed E-state index contributed by atoms with van der Waals surface area (Å²) in [6, 6.07) is 15.0. The van der Waals surface area contributed by atoms with Crippen molar-refractivity contribution in [1.29, 1.82) is 0 Å². The summed E-state index contributed by atoms with van der Waals surface area (Å²) >= 11 is 3.43. The Balaban J connectivity index is 1.63. The summed E-state index contributed by atoms with van der Waals surface area (Å²) in [7, 11) is 0. The normalized spacial score (nSPS) is 12.3. The zero-order valence-corrected chi connectivity index (χ0v) is 23.1. The van der Waals surface area contributed by atoms with Crippen LogP contribution in [0.4, 0.5) is 0 Å². The summed E-state index contributed by atoms with van der Waals surface area (Å²) in [5, 5.41) is 5.05. The number of hydrogen-bond donors (Lipinski definition) is 0. The van der Waals surface area contributed by atoms with Crippen LogP contribution in [0.25, 0.3) is 16.6 Å². The van der Waals surface area contributed by atoms with Gasteiger partial charge in [0, 0.05) is 33.5 Å². The van der Waals surface area contributed by atoms with Gasteiger partial charge in [0.25, 0.3) is 5.56 Å². The van der Waals surface area contributed by atoms with E-state index in [9.17, 15) is 9.59 Å². The van der Waals surface area contributed by atoms with Crippen molar-refractivity contribution < 1.29 is 14.3 Å². The van der Waals surface area contributed by atoms with E-state index in [1.165, 1.54) is 4.68 Å². The van der Waals surface area contributed by atoms with Crippen LogP contribution in [0.15, 0.2) is 62.9 Å². The first-order valence-corrected chi connectivity index (χ1v) is 12.9. The maximum atomic E-state index is 13.2. The SMILES string of the molecule is CCOC(=O)[C@@H](C)Oc1ccc(-n2c(C)cc(C=Nn3c(CC)nc4ccc(Br)cc4c3=O)c2C)cc1. The number of halogens is 1. The lowest BCUT2D eigenvalue weighted by Gasteiger charge is -2.14. The van der Waals surface area contributed by atoms with Crippen LogP contribution in [0.3, 0.4) is 0 Å². The first-order chi connectivity index (χ1) is 17.7. The van der Waals surface area contributed by atoms with E-state index in [-0.39, 0.29) is 5.56 Å². The predicted molar refractivity (Wildman–Crippen MR) is 148 cm³/mol. The van der Waals surface area contributed by atoms with Crippen LogP contribution in [0.1, 0.15) is 43.5 Å². The van der Waals surface area contributed by atoms with E-state index in [0.717, 1.165) is 27.1 Å². The van der Waals surface area contributed by atoms with E-state index in [2.05, 4.69) is 30.6 Å². The molecule has 0 saturated heterocycles. The largest absolute Gasteiger partial charge is 0.479 e. The second kappa shape index (κ2) is 11.1. The highest BCUT2D eigenvalue weighted by Crippen LogP contribution is 2.23. The molecule has 4 aromatic rings. The van der Waals surface area contributed by atoms with Gasteiger partial charge in [-0.25, -0.2) is 9.78 Å². The highest BCUT2D eigenvalue weighted by atomic mass is 79.9. The summed E-state index contributed by atoms with van der Waals surface area (Å²) in [6.07, 6.45) is 1.58. The van der Waals surface area contributed by atoms with Crippen LogP contribution >= 0.6 is 15.9 Å². The van der Waals surface area contributed by atoms with E-state index in [1.807, 2.05) is 63.2 Å². The van der Waals surface area contributed by atoms with Crippen molar-refractivity contribution in [2.45, 2.75) is 47.1 Å². The van der Waals surface area contributed by atoms with Crippen molar-refractivity contribution in [2.24, 2.45) is 5.10 Å². The minimum Gasteiger partial charge on any atom is -0.479 e. The molecule has 0 unspecified atom stereocenters. The second-order valence-electron chi connectivity index (χ2n) is 8.57. The number of fused-ring (bicyclic) bond motifs is 1. The van der Waals surface area contributed by atoms with Gasteiger partial charge in [-0.1, -0.05) is 22.9 Å². The Kier molecular flexibility index (Phi) is 7.92. The van der Waals surface area contributed by atoms with Crippen LogP contribution in [0.2, 0.25) is 0 Å². The molecule has 2 aromatic heterocycles. The van der Waals surface area contributed by atoms with Gasteiger partial charge >= 0.3 is 5.97 Å². The summed E-state index contributed by atoms with van der Waals surface area (Å²) in [5.41, 5.74) is 4.25. The molecular weight excluding hydrogens is 536 g/mol. The number of carbonyl (C=O) groups excluding carboxylic acids is 1. The first-order valence-electron chi connectivity index (χ1n) is 12.1. The smallest absolute Gasteiger partial charge is 0.347 e. The number of aryl methyl sites for hydroxylation is 2. The van der Waals surface area contributed by atoms with Gasteiger partial charge in [-0.05, 0) is 76.2 Å². The Labute approximate surface area is 223 Å². The molecule has 37 heavy (non-hydrogen) atoms. The highest BCUT2D eigenvalue weighted by Gasteiger charge is 2.16. The van der Waals surface area contributed by atoms with Gasteiger partial charge in [-0.15, -0.1) is 0 Å². The molecule has 0 aliphatic carbocycles. The molecule has 2 aromatic carbocycles. The van der Waals surface area contributed by atoms with E-state index in [1.54, 1.807) is 26.1 Å². The number of ether oxygens (including phenoxy) is 2. The Hall–Kier alpha value is -3.72. The zero-order valence-electron chi connectivity index (χ0n) is 21.5. The van der Waals surface area contributed by atoms with Gasteiger partial charge in [-0.3, -0.25) is 4.79 Å². The summed E-state index contributed by atoms with van der Waals surface area (Å²) in [6.45, 7) is 9.70. The van der Waals surface area contributed by atoms with Crippen molar-refractivity contribution in [1.82, 2.24) is 14.2 Å². The van der Waals surface area contributed by atoms with Crippen molar-refractivity contribution in [3.8, 4) is 11.4 Å². The van der Waals surface area contributed by atoms with Gasteiger partial charge < -0.3 is 14.0 Å². The minimum atomic E-state index is -0.689. The third kappa shape index (κ3) is 5.51. The number of rotatable bonds is 8. The van der Waals surface area contributed by atoms with Crippen molar-refractivity contribution in [3.05, 3.63) is 86.1 Å². The molecule has 0 aliphatic heterocycles. The Morgan fingerprint density at radius 3 is 2.54 bits per heavy atom. The van der Waals surface area contributed by atoms with Crippen molar-refractivity contribution in [2.75, 3.05) is 6.61 Å². The molecule has 2 heterocycles. The topological polar surface area (TPSA) is 87.7 Å². The number of esters is 1. The molecule has 1 atom stereocenters. The standard InChI is InChI=1S/C28H29BrN4O4/c1-6-26-31-25-13-8-21(29)15-24(25)27(34)33(26)30-16-20-14-17(3)32(18(20)4)22-9-11-23(12-10-22)37-19(5)28(35)36-7-2/h8-16,19H,6-7H2,1-5H3/t19-/m1/s1. The number of nitrogens with zero attached hydrogens (tertiary/aromatic N) is 4. The third-order valence-electron chi connectivity index (χ3n) is 6.00. The average molecular weight is 565 g/mol. The lowest BCUT2D eigenvalue weighted by Crippen LogP contribution is -2.26. The fraction of sp³-hybridized carbons (Fsp3) is 0.286. The van der Waals surface area contributed by atoms with Gasteiger partial charge in [0.2, 0.25) is 0 Å². The summed E-state index contributed by atoms with van der Waals surface area (Å²) in [4.78, 5) is 29.7. The van der Waals surface area contributed by atoms with Gasteiger partial charge in [0.15, 0.2) is 6.10 Å². The molecule has 192 valence electrons. The molecular formula is C28H29BrN4O4. The molecule has 0 fully saturated rings. The Morgan fingerprint density at radius 2 is 1.86 bits per heavy atom. The van der Waals surface area contributed by atoms with E-state index in [0.29, 0.717) is 35.5 Å². The number of aromatic nitrogens is 3. The van der Waals surface area contributed by atoms with Crippen LogP contribution in [0, 0.1) is 13.8 Å². The molecule has 0 aliphatic rings. The minimum absolute atomic E-state index is 0.208. The average Bonchev–Trinajstić information content (AvgIpc) is 3.16. The number of benzene rings is 2. The monoisotopic (exact) mass is 564 g/mol. The fourth-order valence-corrected chi connectivity index (χ4v) is 4.52. The molecule has 0 bridgehead atoms. The van der Waals surface area contributed by atoms with Crippen molar-refractivity contribution in [3.63, 3.8) is 0 Å². The van der Waals surface area contributed by atoms with Crippen molar-refractivity contribution >= 4 is 39.0 Å². The highest BCUT2D eigenvalue weighted by molar-refractivity contribution is 9.10. The Bertz CT molecular complexity index is 1540. The van der Waals surface area contributed by atoms with Gasteiger partial charge in [0.05, 0.1) is 23.7 Å². The fourth-order valence-electron chi connectivity index (χ4n) is 4.16. The van der Waals surface area contributed by atoms with Gasteiger partial charge in [-0.2, -0.15) is 9.78 Å². The van der Waals surface area contributed by atoms with Gasteiger partial charge in [0.1, 0.15) is 11.6 Å². The second-order valence-corrected chi connectivity index (χ2v) is 9.49. The molecule has 0 N–H and O–H groups in total. The molecule has 8 nitrogen and oxygen atoms in total. The van der Waals surface area contributed by atoms with E-state index in [4.69, 9.17) is 9.47 Å². The molecule has 0 radical (unpaired) electrons. The van der Waals surface area contributed by atoms with E-state index < -0.39 is 12.1 Å². The maximum Gasteiger partial charge on any atom is 0.347 e. The van der Waals surface area contributed by atoms with E-state index >= 15 is 0 Å². The first kappa shape index (κ1) is 26.3.